The average Bonchev–Trinajstić information content (AvgIpc) is 2.95. The van der Waals surface area contributed by atoms with Gasteiger partial charge in [-0.2, -0.15) is 0 Å². The molecule has 2 heterocycles. The molecule has 0 atom stereocenters. The minimum Gasteiger partial charge on any atom is -0.493 e. The summed E-state index contributed by atoms with van der Waals surface area (Å²) >= 11 is 0. The maximum atomic E-state index is 5.53. The van der Waals surface area contributed by atoms with E-state index >= 15 is 0 Å². The van der Waals surface area contributed by atoms with Crippen LogP contribution in [0, 0.1) is 0 Å². The molecule has 20 heavy (non-hydrogen) atoms. The smallest absolute Gasteiger partial charge is 0.225 e. The van der Waals surface area contributed by atoms with Crippen LogP contribution in [0.25, 0.3) is 0 Å². The molecule has 1 aromatic carbocycles. The Morgan fingerprint density at radius 3 is 2.75 bits per heavy atom. The first-order valence-electron chi connectivity index (χ1n) is 7.03. The number of anilines is 1. The van der Waals surface area contributed by atoms with Gasteiger partial charge in [0.1, 0.15) is 5.75 Å². The van der Waals surface area contributed by atoms with Crippen molar-refractivity contribution in [1.82, 2.24) is 9.97 Å². The number of aryl methyl sites for hydroxylation is 1. The number of fused-ring (bicyclic) bond motifs is 1. The molecule has 2 aromatic rings. The molecule has 4 nitrogen and oxygen atoms in total. The zero-order valence-corrected chi connectivity index (χ0v) is 12.0. The van der Waals surface area contributed by atoms with Crippen molar-refractivity contribution < 1.29 is 4.74 Å². The highest BCUT2D eigenvalue weighted by Gasteiger charge is 2.13. The average molecular weight is 269 g/mol. The lowest BCUT2D eigenvalue weighted by Gasteiger charge is -2.17. The third kappa shape index (κ3) is 2.59. The van der Waals surface area contributed by atoms with Crippen LogP contribution >= 0.6 is 0 Å². The van der Waals surface area contributed by atoms with Gasteiger partial charge in [-0.05, 0) is 29.2 Å². The van der Waals surface area contributed by atoms with Gasteiger partial charge in [0.2, 0.25) is 5.95 Å². The fourth-order valence-electron chi connectivity index (χ4n) is 2.41. The van der Waals surface area contributed by atoms with Crippen LogP contribution in [-0.2, 0) is 19.4 Å². The van der Waals surface area contributed by atoms with Crippen molar-refractivity contribution >= 4 is 5.95 Å². The summed E-state index contributed by atoms with van der Waals surface area (Å²) in [5.74, 6) is 1.79. The maximum Gasteiger partial charge on any atom is 0.225 e. The second kappa shape index (κ2) is 5.49. The molecule has 0 radical (unpaired) electrons. The molecule has 0 spiro atoms. The molecule has 0 fully saturated rings. The molecule has 0 bridgehead atoms. The van der Waals surface area contributed by atoms with Crippen LogP contribution in [0.1, 0.15) is 23.6 Å². The predicted molar refractivity (Wildman–Crippen MR) is 79.2 cm³/mol. The molecule has 4 heteroatoms. The molecular formula is C16H19N3O. The SMILES string of the molecule is CCc1cnc(N(C)Cc2ccc3c(c2)CCO3)nc1. The molecule has 1 aromatic heterocycles. The fraction of sp³-hybridized carbons (Fsp3) is 0.375. The number of nitrogens with zero attached hydrogens (tertiary/aromatic N) is 3. The summed E-state index contributed by atoms with van der Waals surface area (Å²) in [6.07, 6.45) is 5.77. The lowest BCUT2D eigenvalue weighted by Crippen LogP contribution is -2.19. The number of aromatic nitrogens is 2. The van der Waals surface area contributed by atoms with E-state index in [0.717, 1.165) is 43.3 Å². The molecule has 0 saturated heterocycles. The van der Waals surface area contributed by atoms with Crippen molar-refractivity contribution in [2.45, 2.75) is 26.3 Å². The van der Waals surface area contributed by atoms with Crippen molar-refractivity contribution in [2.75, 3.05) is 18.6 Å². The van der Waals surface area contributed by atoms with E-state index in [1.165, 1.54) is 11.1 Å². The predicted octanol–water partition coefficient (Wildman–Crippen LogP) is 2.61. The highest BCUT2D eigenvalue weighted by atomic mass is 16.5. The van der Waals surface area contributed by atoms with Crippen LogP contribution in [0.2, 0.25) is 0 Å². The highest BCUT2D eigenvalue weighted by Crippen LogP contribution is 2.26. The molecule has 104 valence electrons. The maximum absolute atomic E-state index is 5.53. The Kier molecular flexibility index (Phi) is 3.54. The largest absolute Gasteiger partial charge is 0.493 e. The van der Waals surface area contributed by atoms with E-state index in [9.17, 15) is 0 Å². The number of rotatable bonds is 4. The zero-order valence-electron chi connectivity index (χ0n) is 12.0. The molecule has 1 aliphatic heterocycles. The second-order valence-electron chi connectivity index (χ2n) is 5.14. The molecule has 0 saturated carbocycles. The van der Waals surface area contributed by atoms with Gasteiger partial charge in [-0.25, -0.2) is 9.97 Å². The summed E-state index contributed by atoms with van der Waals surface area (Å²) in [6, 6.07) is 6.40. The van der Waals surface area contributed by atoms with Crippen molar-refractivity contribution in [3.05, 3.63) is 47.3 Å². The highest BCUT2D eigenvalue weighted by molar-refractivity contribution is 5.41. The molecule has 0 unspecified atom stereocenters. The Hall–Kier alpha value is -2.10. The lowest BCUT2D eigenvalue weighted by molar-refractivity contribution is 0.357. The monoisotopic (exact) mass is 269 g/mol. The van der Waals surface area contributed by atoms with Gasteiger partial charge in [-0.15, -0.1) is 0 Å². The first-order valence-corrected chi connectivity index (χ1v) is 7.03. The summed E-state index contributed by atoms with van der Waals surface area (Å²) in [4.78, 5) is 10.9. The van der Waals surface area contributed by atoms with Crippen molar-refractivity contribution in [2.24, 2.45) is 0 Å². The summed E-state index contributed by atoms with van der Waals surface area (Å²) in [5, 5.41) is 0. The molecular weight excluding hydrogens is 250 g/mol. The number of benzene rings is 1. The summed E-state index contributed by atoms with van der Waals surface area (Å²) in [7, 11) is 2.02. The molecule has 0 aliphatic carbocycles. The quantitative estimate of drug-likeness (QED) is 0.855. The van der Waals surface area contributed by atoms with Crippen LogP contribution < -0.4 is 9.64 Å². The number of ether oxygens (including phenoxy) is 1. The van der Waals surface area contributed by atoms with Gasteiger partial charge >= 0.3 is 0 Å². The van der Waals surface area contributed by atoms with E-state index in [1.54, 1.807) is 0 Å². The van der Waals surface area contributed by atoms with E-state index in [4.69, 9.17) is 4.74 Å². The zero-order chi connectivity index (χ0) is 13.9. The van der Waals surface area contributed by atoms with Crippen LogP contribution in [0.3, 0.4) is 0 Å². The summed E-state index contributed by atoms with van der Waals surface area (Å²) in [5.41, 5.74) is 3.73. The molecule has 0 N–H and O–H groups in total. The Morgan fingerprint density at radius 2 is 2.00 bits per heavy atom. The van der Waals surface area contributed by atoms with E-state index in [1.807, 2.05) is 19.4 Å². The first-order chi connectivity index (χ1) is 9.76. The van der Waals surface area contributed by atoms with Gasteiger partial charge in [0, 0.05) is 32.4 Å². The van der Waals surface area contributed by atoms with Gasteiger partial charge in [0.25, 0.3) is 0 Å². The van der Waals surface area contributed by atoms with Crippen molar-refractivity contribution in [3.63, 3.8) is 0 Å². The topological polar surface area (TPSA) is 38.2 Å². The van der Waals surface area contributed by atoms with Crippen molar-refractivity contribution in [1.29, 1.82) is 0 Å². The number of hydrogen-bond donors (Lipinski definition) is 0. The number of hydrogen-bond acceptors (Lipinski definition) is 4. The summed E-state index contributed by atoms with van der Waals surface area (Å²) in [6.45, 7) is 3.71. The van der Waals surface area contributed by atoms with Gasteiger partial charge in [-0.3, -0.25) is 0 Å². The lowest BCUT2D eigenvalue weighted by atomic mass is 10.1. The molecule has 0 amide bonds. The van der Waals surface area contributed by atoms with Crippen LogP contribution in [0.15, 0.2) is 30.6 Å². The van der Waals surface area contributed by atoms with E-state index in [0.29, 0.717) is 0 Å². The molecule has 3 rings (SSSR count). The van der Waals surface area contributed by atoms with E-state index < -0.39 is 0 Å². The Labute approximate surface area is 119 Å². The Balaban J connectivity index is 1.73. The Bertz CT molecular complexity index is 595. The molecule has 1 aliphatic rings. The van der Waals surface area contributed by atoms with Gasteiger partial charge < -0.3 is 9.64 Å². The fourth-order valence-corrected chi connectivity index (χ4v) is 2.41. The van der Waals surface area contributed by atoms with Crippen LogP contribution in [-0.4, -0.2) is 23.6 Å². The van der Waals surface area contributed by atoms with Crippen LogP contribution in [0.4, 0.5) is 5.95 Å². The van der Waals surface area contributed by atoms with Gasteiger partial charge in [0.05, 0.1) is 6.61 Å². The normalized spacial score (nSPS) is 12.9. The summed E-state index contributed by atoms with van der Waals surface area (Å²) < 4.78 is 5.53. The second-order valence-corrected chi connectivity index (χ2v) is 5.14. The van der Waals surface area contributed by atoms with Crippen molar-refractivity contribution in [3.8, 4) is 5.75 Å². The standard InChI is InChI=1S/C16H19N3O/c1-3-12-9-17-16(18-10-12)19(2)11-13-4-5-15-14(8-13)6-7-20-15/h4-5,8-10H,3,6-7,11H2,1-2H3. The van der Waals surface area contributed by atoms with E-state index in [2.05, 4.69) is 40.0 Å². The Morgan fingerprint density at radius 1 is 1.20 bits per heavy atom. The third-order valence-corrected chi connectivity index (χ3v) is 3.61. The third-order valence-electron chi connectivity index (χ3n) is 3.61. The van der Waals surface area contributed by atoms with Gasteiger partial charge in [-0.1, -0.05) is 19.1 Å². The minimum absolute atomic E-state index is 0.763. The van der Waals surface area contributed by atoms with E-state index in [-0.39, 0.29) is 0 Å². The first kappa shape index (κ1) is 12.9. The minimum atomic E-state index is 0.763. The van der Waals surface area contributed by atoms with Gasteiger partial charge in [0.15, 0.2) is 0 Å². The van der Waals surface area contributed by atoms with Crippen LogP contribution in [0.5, 0.6) is 5.75 Å².